The maximum absolute atomic E-state index is 12.4. The Labute approximate surface area is 110 Å². The predicted molar refractivity (Wildman–Crippen MR) is 75.1 cm³/mol. The Balaban J connectivity index is 2.04. The zero-order valence-electron chi connectivity index (χ0n) is 11.6. The van der Waals surface area contributed by atoms with Crippen LogP contribution < -0.4 is 0 Å². The summed E-state index contributed by atoms with van der Waals surface area (Å²) >= 11 is 0. The number of nitrogens with zero attached hydrogens (tertiary/aromatic N) is 1. The van der Waals surface area contributed by atoms with Gasteiger partial charge in [-0.25, -0.2) is 0 Å². The van der Waals surface area contributed by atoms with E-state index >= 15 is 0 Å². The van der Waals surface area contributed by atoms with Crippen LogP contribution in [-0.4, -0.2) is 30.8 Å². The van der Waals surface area contributed by atoms with Gasteiger partial charge >= 0.3 is 0 Å². The summed E-state index contributed by atoms with van der Waals surface area (Å²) in [5.41, 5.74) is 2.18. The lowest BCUT2D eigenvalue weighted by Crippen LogP contribution is -2.33. The zero-order chi connectivity index (χ0) is 13.1. The van der Waals surface area contributed by atoms with Crippen LogP contribution in [0.15, 0.2) is 24.3 Å². The van der Waals surface area contributed by atoms with Crippen molar-refractivity contribution < 1.29 is 4.79 Å². The van der Waals surface area contributed by atoms with E-state index in [2.05, 4.69) is 37.9 Å². The standard InChI is InChI=1S/C16H23NO/c1-12(2)13-4-6-14(7-5-13)16(18)15-8-10-17(3)11-9-15/h4-7,12,15H,8-11H2,1-3H3. The Kier molecular flexibility index (Phi) is 4.18. The van der Waals surface area contributed by atoms with Crippen molar-refractivity contribution in [3.05, 3.63) is 35.4 Å². The maximum atomic E-state index is 12.4. The van der Waals surface area contributed by atoms with E-state index in [1.54, 1.807) is 0 Å². The first-order chi connectivity index (χ1) is 8.58. The van der Waals surface area contributed by atoms with Gasteiger partial charge < -0.3 is 4.90 Å². The van der Waals surface area contributed by atoms with Crippen LogP contribution in [0.25, 0.3) is 0 Å². The first-order valence-electron chi connectivity index (χ1n) is 6.90. The number of hydrogen-bond acceptors (Lipinski definition) is 2. The molecule has 0 N–H and O–H groups in total. The van der Waals surface area contributed by atoms with Gasteiger partial charge in [0.2, 0.25) is 0 Å². The number of Topliss-reactive ketones (excluding diaryl/α,β-unsaturated/α-hetero) is 1. The molecule has 1 aliphatic rings. The van der Waals surface area contributed by atoms with E-state index < -0.39 is 0 Å². The largest absolute Gasteiger partial charge is 0.306 e. The van der Waals surface area contributed by atoms with Gasteiger partial charge in [0.25, 0.3) is 0 Å². The molecule has 2 nitrogen and oxygen atoms in total. The quantitative estimate of drug-likeness (QED) is 0.761. The molecule has 0 unspecified atom stereocenters. The van der Waals surface area contributed by atoms with E-state index in [1.807, 2.05) is 12.1 Å². The minimum absolute atomic E-state index is 0.228. The third kappa shape index (κ3) is 2.99. The van der Waals surface area contributed by atoms with E-state index in [1.165, 1.54) is 5.56 Å². The van der Waals surface area contributed by atoms with Crippen molar-refractivity contribution in [2.45, 2.75) is 32.6 Å². The number of benzene rings is 1. The summed E-state index contributed by atoms with van der Waals surface area (Å²) in [6, 6.07) is 8.17. The summed E-state index contributed by atoms with van der Waals surface area (Å²) in [4.78, 5) is 14.7. The van der Waals surface area contributed by atoms with Crippen molar-refractivity contribution in [2.24, 2.45) is 5.92 Å². The van der Waals surface area contributed by atoms with Crippen molar-refractivity contribution in [3.8, 4) is 0 Å². The summed E-state index contributed by atoms with van der Waals surface area (Å²) in [6.45, 7) is 6.43. The molecule has 0 spiro atoms. The third-order valence-corrected chi connectivity index (χ3v) is 3.95. The van der Waals surface area contributed by atoms with Gasteiger partial charge in [0.1, 0.15) is 0 Å². The number of ketones is 1. The van der Waals surface area contributed by atoms with Crippen LogP contribution in [0.4, 0.5) is 0 Å². The molecule has 1 aromatic rings. The van der Waals surface area contributed by atoms with Crippen LogP contribution in [0.1, 0.15) is 48.5 Å². The molecule has 1 aliphatic heterocycles. The molecule has 0 radical (unpaired) electrons. The highest BCUT2D eigenvalue weighted by molar-refractivity contribution is 5.97. The van der Waals surface area contributed by atoms with Gasteiger partial charge in [-0.3, -0.25) is 4.79 Å². The van der Waals surface area contributed by atoms with Gasteiger partial charge in [-0.05, 0) is 44.5 Å². The summed E-state index contributed by atoms with van der Waals surface area (Å²) in [6.07, 6.45) is 2.00. The van der Waals surface area contributed by atoms with Gasteiger partial charge in [0.15, 0.2) is 5.78 Å². The topological polar surface area (TPSA) is 20.3 Å². The predicted octanol–water partition coefficient (Wildman–Crippen LogP) is 3.33. The molecule has 1 aromatic carbocycles. The molecule has 1 fully saturated rings. The molecule has 0 bridgehead atoms. The average Bonchev–Trinajstić information content (AvgIpc) is 2.39. The smallest absolute Gasteiger partial charge is 0.166 e. The highest BCUT2D eigenvalue weighted by atomic mass is 16.1. The van der Waals surface area contributed by atoms with Crippen molar-refractivity contribution in [2.75, 3.05) is 20.1 Å². The molecule has 0 amide bonds. The molecule has 18 heavy (non-hydrogen) atoms. The molecule has 0 saturated carbocycles. The first kappa shape index (κ1) is 13.3. The number of likely N-dealkylation sites (tertiary alicyclic amines) is 1. The number of piperidine rings is 1. The minimum atomic E-state index is 0.228. The fourth-order valence-corrected chi connectivity index (χ4v) is 2.54. The average molecular weight is 245 g/mol. The second kappa shape index (κ2) is 5.66. The zero-order valence-corrected chi connectivity index (χ0v) is 11.6. The molecule has 98 valence electrons. The van der Waals surface area contributed by atoms with Crippen molar-refractivity contribution >= 4 is 5.78 Å². The van der Waals surface area contributed by atoms with Gasteiger partial charge in [0.05, 0.1) is 0 Å². The van der Waals surface area contributed by atoms with Crippen LogP contribution in [-0.2, 0) is 0 Å². The van der Waals surface area contributed by atoms with E-state index in [4.69, 9.17) is 0 Å². The van der Waals surface area contributed by atoms with Gasteiger partial charge in [-0.2, -0.15) is 0 Å². The van der Waals surface area contributed by atoms with Crippen LogP contribution in [0.3, 0.4) is 0 Å². The highest BCUT2D eigenvalue weighted by Gasteiger charge is 2.24. The van der Waals surface area contributed by atoms with E-state index in [0.717, 1.165) is 31.5 Å². The molecule has 1 saturated heterocycles. The number of carbonyl (C=O) groups excluding carboxylic acids is 1. The van der Waals surface area contributed by atoms with Crippen LogP contribution in [0, 0.1) is 5.92 Å². The fraction of sp³-hybridized carbons (Fsp3) is 0.562. The van der Waals surface area contributed by atoms with Gasteiger partial charge in [-0.1, -0.05) is 38.1 Å². The third-order valence-electron chi connectivity index (χ3n) is 3.95. The Morgan fingerprint density at radius 3 is 2.22 bits per heavy atom. The van der Waals surface area contributed by atoms with E-state index in [-0.39, 0.29) is 5.92 Å². The normalized spacial score (nSPS) is 18.2. The van der Waals surface area contributed by atoms with Crippen LogP contribution in [0.2, 0.25) is 0 Å². The van der Waals surface area contributed by atoms with Crippen molar-refractivity contribution in [1.82, 2.24) is 4.90 Å². The Morgan fingerprint density at radius 2 is 1.72 bits per heavy atom. The summed E-state index contributed by atoms with van der Waals surface area (Å²) in [5.74, 6) is 1.09. The van der Waals surface area contributed by atoms with Crippen LogP contribution in [0.5, 0.6) is 0 Å². The summed E-state index contributed by atoms with van der Waals surface area (Å²) in [7, 11) is 2.12. The van der Waals surface area contributed by atoms with Gasteiger partial charge in [0, 0.05) is 11.5 Å². The number of hydrogen-bond donors (Lipinski definition) is 0. The Hall–Kier alpha value is -1.15. The molecule has 1 heterocycles. The highest BCUT2D eigenvalue weighted by Crippen LogP contribution is 2.22. The van der Waals surface area contributed by atoms with E-state index in [9.17, 15) is 4.79 Å². The lowest BCUT2D eigenvalue weighted by atomic mass is 9.88. The van der Waals surface area contributed by atoms with Crippen molar-refractivity contribution in [3.63, 3.8) is 0 Å². The lowest BCUT2D eigenvalue weighted by Gasteiger charge is -2.28. The molecule has 0 aliphatic carbocycles. The lowest BCUT2D eigenvalue weighted by molar-refractivity contribution is 0.0857. The Bertz CT molecular complexity index is 400. The van der Waals surface area contributed by atoms with Gasteiger partial charge in [-0.15, -0.1) is 0 Å². The number of carbonyl (C=O) groups is 1. The van der Waals surface area contributed by atoms with Crippen molar-refractivity contribution in [1.29, 1.82) is 0 Å². The minimum Gasteiger partial charge on any atom is -0.306 e. The SMILES string of the molecule is CC(C)c1ccc(C(=O)C2CCN(C)CC2)cc1. The fourth-order valence-electron chi connectivity index (χ4n) is 2.54. The second-order valence-electron chi connectivity index (χ2n) is 5.72. The molecule has 2 heteroatoms. The second-order valence-corrected chi connectivity index (χ2v) is 5.72. The Morgan fingerprint density at radius 1 is 1.17 bits per heavy atom. The van der Waals surface area contributed by atoms with E-state index in [0.29, 0.717) is 11.7 Å². The number of rotatable bonds is 3. The monoisotopic (exact) mass is 245 g/mol. The molecule has 0 atom stereocenters. The summed E-state index contributed by atoms with van der Waals surface area (Å²) in [5, 5.41) is 0. The molecule has 2 rings (SSSR count). The maximum Gasteiger partial charge on any atom is 0.166 e. The molecule has 0 aromatic heterocycles. The molecular formula is C16H23NO. The summed E-state index contributed by atoms with van der Waals surface area (Å²) < 4.78 is 0. The molecular weight excluding hydrogens is 222 g/mol. The van der Waals surface area contributed by atoms with Crippen LogP contribution >= 0.6 is 0 Å². The first-order valence-corrected chi connectivity index (χ1v) is 6.90.